The first-order valence-electron chi connectivity index (χ1n) is 12.5. The maximum atomic E-state index is 5.20. The number of imidazole rings is 2. The molecule has 0 radical (unpaired) electrons. The third-order valence-corrected chi connectivity index (χ3v) is 6.95. The molecule has 0 aliphatic heterocycles. The van der Waals surface area contributed by atoms with Crippen LogP contribution in [0.5, 0.6) is 0 Å². The highest BCUT2D eigenvalue weighted by Gasteiger charge is 2.21. The van der Waals surface area contributed by atoms with E-state index in [2.05, 4.69) is 51.4 Å². The normalized spacial score (nSPS) is 11.7. The van der Waals surface area contributed by atoms with Crippen LogP contribution in [0.3, 0.4) is 0 Å². The molecule has 6 nitrogen and oxygen atoms in total. The van der Waals surface area contributed by atoms with Crippen molar-refractivity contribution in [3.8, 4) is 28.6 Å². The van der Waals surface area contributed by atoms with Gasteiger partial charge in [-0.2, -0.15) is 0 Å². The molecule has 0 saturated carbocycles. The minimum atomic E-state index is 0.577. The molecular weight excluding hydrogens is 468 g/mol. The van der Waals surface area contributed by atoms with Gasteiger partial charge in [0, 0.05) is 16.5 Å². The van der Waals surface area contributed by atoms with E-state index in [0.29, 0.717) is 5.95 Å². The van der Waals surface area contributed by atoms with Crippen molar-refractivity contribution >= 4 is 38.7 Å². The monoisotopic (exact) mass is 488 g/mol. The van der Waals surface area contributed by atoms with Crippen molar-refractivity contribution in [2.75, 3.05) is 0 Å². The number of rotatable bonds is 3. The summed E-state index contributed by atoms with van der Waals surface area (Å²) in [5, 5.41) is 1.01. The molecule has 0 unspecified atom stereocenters. The molecule has 0 aliphatic rings. The molecule has 4 aromatic carbocycles. The fourth-order valence-corrected chi connectivity index (χ4v) is 5.23. The second-order valence-corrected chi connectivity index (χ2v) is 9.23. The van der Waals surface area contributed by atoms with E-state index >= 15 is 0 Å². The highest BCUT2D eigenvalue weighted by molar-refractivity contribution is 5.94. The fourth-order valence-electron chi connectivity index (χ4n) is 5.23. The van der Waals surface area contributed by atoms with Gasteiger partial charge in [0.15, 0.2) is 5.65 Å². The molecule has 0 N–H and O–H groups in total. The average molecular weight is 489 g/mol. The lowest BCUT2D eigenvalue weighted by Crippen LogP contribution is -2.05. The van der Waals surface area contributed by atoms with Crippen molar-refractivity contribution in [2.45, 2.75) is 0 Å². The molecule has 0 spiro atoms. The summed E-state index contributed by atoms with van der Waals surface area (Å²) in [6, 6.07) is 40.9. The number of pyridine rings is 1. The van der Waals surface area contributed by atoms with Crippen molar-refractivity contribution in [2.24, 2.45) is 0 Å². The van der Waals surface area contributed by atoms with E-state index in [1.54, 1.807) is 0 Å². The van der Waals surface area contributed by atoms with Crippen molar-refractivity contribution in [1.29, 1.82) is 0 Å². The topological polar surface area (TPSA) is 60.9 Å². The van der Waals surface area contributed by atoms with Gasteiger partial charge in [0.1, 0.15) is 11.5 Å². The van der Waals surface area contributed by atoms with Crippen LogP contribution < -0.4 is 0 Å². The number of aromatic nitrogens is 6. The summed E-state index contributed by atoms with van der Waals surface area (Å²) in [5.74, 6) is 1.35. The lowest BCUT2D eigenvalue weighted by molar-refractivity contribution is 0.976. The third kappa shape index (κ3) is 3.07. The summed E-state index contributed by atoms with van der Waals surface area (Å²) in [7, 11) is 0. The molecular formula is C32H20N6. The minimum absolute atomic E-state index is 0.577. The van der Waals surface area contributed by atoms with E-state index in [1.165, 1.54) is 0 Å². The van der Waals surface area contributed by atoms with E-state index < -0.39 is 0 Å². The molecule has 0 atom stereocenters. The third-order valence-electron chi connectivity index (χ3n) is 6.95. The van der Waals surface area contributed by atoms with Crippen LogP contribution in [-0.4, -0.2) is 28.9 Å². The number of nitrogens with zero attached hydrogens (tertiary/aromatic N) is 6. The van der Waals surface area contributed by atoms with Gasteiger partial charge in [-0.25, -0.2) is 19.9 Å². The minimum Gasteiger partial charge on any atom is -0.275 e. The number of hydrogen-bond donors (Lipinski definition) is 0. The predicted octanol–water partition coefficient (Wildman–Crippen LogP) is 7.10. The van der Waals surface area contributed by atoms with Crippen LogP contribution in [-0.2, 0) is 0 Å². The van der Waals surface area contributed by atoms with Crippen molar-refractivity contribution in [3.05, 3.63) is 121 Å². The highest BCUT2D eigenvalue weighted by atomic mass is 15.2. The van der Waals surface area contributed by atoms with Crippen LogP contribution in [0.4, 0.5) is 0 Å². The van der Waals surface area contributed by atoms with E-state index in [0.717, 1.165) is 61.4 Å². The van der Waals surface area contributed by atoms with Crippen molar-refractivity contribution in [1.82, 2.24) is 28.9 Å². The van der Waals surface area contributed by atoms with E-state index in [9.17, 15) is 0 Å². The molecule has 6 heteroatoms. The maximum Gasteiger partial charge on any atom is 0.237 e. The van der Waals surface area contributed by atoms with Crippen LogP contribution in [0.15, 0.2) is 121 Å². The van der Waals surface area contributed by atoms with Gasteiger partial charge in [-0.05, 0) is 30.3 Å². The first-order chi connectivity index (χ1) is 18.8. The fraction of sp³-hybridized carbons (Fsp3) is 0. The molecule has 178 valence electrons. The number of benzene rings is 4. The standard InChI is InChI=1S/C32H20N6/c1-3-11-21(12-4-1)29-23-15-7-8-16-24(23)34-32(35-29)38-27-19-20-28-33-25-17-9-10-18-26(25)37(28)31(27)36-30(38)22-13-5-2-6-14-22/h1-20H. The molecule has 0 bridgehead atoms. The molecule has 0 saturated heterocycles. The van der Waals surface area contributed by atoms with Crippen LogP contribution in [0.25, 0.3) is 67.3 Å². The van der Waals surface area contributed by atoms with Gasteiger partial charge >= 0.3 is 0 Å². The predicted molar refractivity (Wildman–Crippen MR) is 151 cm³/mol. The smallest absolute Gasteiger partial charge is 0.237 e. The molecule has 4 heterocycles. The Kier molecular flexibility index (Phi) is 4.42. The van der Waals surface area contributed by atoms with E-state index in [1.807, 2.05) is 78.9 Å². The van der Waals surface area contributed by atoms with Crippen molar-refractivity contribution < 1.29 is 0 Å². The summed E-state index contributed by atoms with van der Waals surface area (Å²) < 4.78 is 4.19. The van der Waals surface area contributed by atoms with E-state index in [-0.39, 0.29) is 0 Å². The highest BCUT2D eigenvalue weighted by Crippen LogP contribution is 2.33. The van der Waals surface area contributed by atoms with Crippen LogP contribution >= 0.6 is 0 Å². The average Bonchev–Trinajstić information content (AvgIpc) is 3.56. The van der Waals surface area contributed by atoms with Gasteiger partial charge in [-0.15, -0.1) is 0 Å². The van der Waals surface area contributed by atoms with Crippen LogP contribution in [0, 0.1) is 0 Å². The Labute approximate surface area is 217 Å². The Morgan fingerprint density at radius 3 is 1.97 bits per heavy atom. The summed E-state index contributed by atoms with van der Waals surface area (Å²) in [6.07, 6.45) is 0. The Hall–Kier alpha value is -5.36. The first kappa shape index (κ1) is 20.8. The van der Waals surface area contributed by atoms with Crippen molar-refractivity contribution in [3.63, 3.8) is 0 Å². The molecule has 0 aliphatic carbocycles. The van der Waals surface area contributed by atoms with Crippen LogP contribution in [0.1, 0.15) is 0 Å². The molecule has 4 aromatic heterocycles. The second kappa shape index (κ2) is 8.08. The number of hydrogen-bond acceptors (Lipinski definition) is 4. The quantitative estimate of drug-likeness (QED) is 0.266. The second-order valence-electron chi connectivity index (χ2n) is 9.23. The summed E-state index contributed by atoms with van der Waals surface area (Å²) in [5.41, 5.74) is 8.33. The zero-order valence-electron chi connectivity index (χ0n) is 20.2. The largest absolute Gasteiger partial charge is 0.275 e. The number of para-hydroxylation sites is 3. The zero-order chi connectivity index (χ0) is 25.1. The Morgan fingerprint density at radius 2 is 1.16 bits per heavy atom. The van der Waals surface area contributed by atoms with Gasteiger partial charge in [0.25, 0.3) is 0 Å². The molecule has 8 aromatic rings. The lowest BCUT2D eigenvalue weighted by Gasteiger charge is -2.12. The molecule has 8 rings (SSSR count). The summed E-state index contributed by atoms with van der Waals surface area (Å²) in [4.78, 5) is 20.2. The first-order valence-corrected chi connectivity index (χ1v) is 12.5. The van der Waals surface area contributed by atoms with Crippen LogP contribution in [0.2, 0.25) is 0 Å². The Balaban J connectivity index is 1.51. The van der Waals surface area contributed by atoms with E-state index in [4.69, 9.17) is 19.9 Å². The maximum absolute atomic E-state index is 5.20. The Morgan fingerprint density at radius 1 is 0.474 bits per heavy atom. The summed E-state index contributed by atoms with van der Waals surface area (Å²) in [6.45, 7) is 0. The van der Waals surface area contributed by atoms with Gasteiger partial charge in [0.2, 0.25) is 5.95 Å². The lowest BCUT2D eigenvalue weighted by atomic mass is 10.1. The SMILES string of the molecule is c1ccc(-c2nc(-n3c(-c4ccccc4)nc4c3ccc3nc5ccccc5n34)nc3ccccc23)cc1. The van der Waals surface area contributed by atoms with Gasteiger partial charge in [-0.3, -0.25) is 8.97 Å². The summed E-state index contributed by atoms with van der Waals surface area (Å²) >= 11 is 0. The molecule has 38 heavy (non-hydrogen) atoms. The zero-order valence-corrected chi connectivity index (χ0v) is 20.2. The van der Waals surface area contributed by atoms with Gasteiger partial charge in [0.05, 0.1) is 27.8 Å². The van der Waals surface area contributed by atoms with Gasteiger partial charge in [-0.1, -0.05) is 91.0 Å². The van der Waals surface area contributed by atoms with Gasteiger partial charge < -0.3 is 0 Å². The Bertz CT molecular complexity index is 2120. The molecule has 0 fully saturated rings. The number of fused-ring (bicyclic) bond motifs is 6. The molecule has 0 amide bonds.